The largest absolute Gasteiger partial charge is 0.508 e. The Kier molecular flexibility index (Phi) is 43.4. The number of hydrogen-bond acceptors (Lipinski definition) is 25. The molecule has 1 aliphatic rings. The van der Waals surface area contributed by atoms with E-state index >= 15 is 4.79 Å². The molecule has 0 radical (unpaired) electrons. The van der Waals surface area contributed by atoms with Crippen LogP contribution in [-0.2, 0) is 79.8 Å². The van der Waals surface area contributed by atoms with Crippen LogP contribution in [0.15, 0.2) is 42.2 Å². The van der Waals surface area contributed by atoms with Crippen molar-refractivity contribution in [2.24, 2.45) is 29.6 Å². The Balaban J connectivity index is 1.31. The van der Waals surface area contributed by atoms with E-state index in [0.29, 0.717) is 30.5 Å². The van der Waals surface area contributed by atoms with Gasteiger partial charge in [-0.25, -0.2) is 39.4 Å². The number of amides is 9. The van der Waals surface area contributed by atoms with Crippen LogP contribution in [0.2, 0.25) is 0 Å². The smallest absolute Gasteiger partial charge is 0.426 e. The van der Waals surface area contributed by atoms with Crippen molar-refractivity contribution in [3.8, 4) is 5.75 Å². The van der Waals surface area contributed by atoms with Crippen LogP contribution in [-0.4, -0.2) is 227 Å². The molecule has 36 nitrogen and oxygen atoms in total. The third kappa shape index (κ3) is 36.4. The molecular formula is C74H111N13O23S3. The van der Waals surface area contributed by atoms with Gasteiger partial charge in [0.05, 0.1) is 24.8 Å². The van der Waals surface area contributed by atoms with Gasteiger partial charge < -0.3 is 81.5 Å². The van der Waals surface area contributed by atoms with Crippen molar-refractivity contribution in [2.45, 2.75) is 219 Å². The predicted octanol–water partition coefficient (Wildman–Crippen LogP) is 6.43. The average Bonchev–Trinajstić information content (AvgIpc) is 1.72. The number of likely N-dealkylation sites (tertiary alicyclic amines) is 1. The fourth-order valence-electron chi connectivity index (χ4n) is 12.4. The van der Waals surface area contributed by atoms with E-state index in [4.69, 9.17) is 19.3 Å². The lowest BCUT2D eigenvalue weighted by Crippen LogP contribution is -2.50. The van der Waals surface area contributed by atoms with Gasteiger partial charge in [0.25, 0.3) is 5.91 Å². The molecule has 4 rings (SSSR count). The standard InChI is InChI=1S/C74H111N13O23S3/c1-9-17-64(96)109-42-87(69(100)52(44(5)10-2)35-60(91)57-20-12-14-29-86(57)8)58(43(3)4)37-61(110-46(7)88)68-81-55(39-111-68)67(99)79-49(33-47-23-25-51(89)26-24-47)32-45(6)65(97)84-85-74(107)108-30-31-112-113-40-56(71(103)104)80-66(98)48(34-50-38-75-41-78-50)18-15-21-59(90)54(36-63(94)95)83-73(106)76-27-13-11-19-53(70(101)102)82-72(105)77-28-16-22-62(92)93/h23-26,38-39,41,43-45,48-49,52-54,56-58,61,89H,9-22,27-37,40,42H2,1-8H3,(H,75,78)(H,79,99)(H,80,98)(H,84,97)(H,85,107)(H,92,93)(H,94,95)(H,101,102)(H,103,104)(H2,76,83,106)(H2,77,82,105)/t44?,45-,48-,49+,52-,53-,54-,56-,57+,58+,61+/m0/s1. The molecule has 11 atom stereocenters. The Hall–Kier alpha value is -9.63. The van der Waals surface area contributed by atoms with Gasteiger partial charge in [-0.1, -0.05) is 88.1 Å². The summed E-state index contributed by atoms with van der Waals surface area (Å²) < 4.78 is 16.9. The van der Waals surface area contributed by atoms with Crippen molar-refractivity contribution in [2.75, 3.05) is 51.5 Å². The molecule has 1 fully saturated rings. The highest BCUT2D eigenvalue weighted by atomic mass is 33.1. The van der Waals surface area contributed by atoms with Crippen LogP contribution < -0.4 is 42.8 Å². The molecule has 1 aliphatic heterocycles. The zero-order chi connectivity index (χ0) is 83.7. The molecule has 1 unspecified atom stereocenters. The maximum absolute atomic E-state index is 15.1. The van der Waals surface area contributed by atoms with Gasteiger partial charge in [0.15, 0.2) is 24.4 Å². The number of phenols is 1. The number of H-pyrrole nitrogens is 1. The van der Waals surface area contributed by atoms with Crippen LogP contribution in [0.1, 0.15) is 197 Å². The number of hydrazine groups is 1. The molecule has 2 aromatic heterocycles. The molecular weight excluding hydrogens is 1540 g/mol. The molecule has 1 saturated heterocycles. The summed E-state index contributed by atoms with van der Waals surface area (Å²) in [6, 6.07) is -1.53. The second-order valence-corrected chi connectivity index (χ2v) is 31.7. The molecule has 0 spiro atoms. The van der Waals surface area contributed by atoms with Gasteiger partial charge in [-0.2, -0.15) is 0 Å². The number of rotatable bonds is 53. The number of hydrogen-bond donors (Lipinski definition) is 14. The summed E-state index contributed by atoms with van der Waals surface area (Å²) in [4.78, 5) is 209. The molecule has 113 heavy (non-hydrogen) atoms. The fourth-order valence-corrected chi connectivity index (χ4v) is 15.2. The summed E-state index contributed by atoms with van der Waals surface area (Å²) in [7, 11) is 4.06. The summed E-state index contributed by atoms with van der Waals surface area (Å²) in [5.74, 6) is -12.6. The van der Waals surface area contributed by atoms with Crippen LogP contribution in [0.4, 0.5) is 14.4 Å². The number of nitrogens with one attached hydrogen (secondary N) is 9. The Morgan fingerprint density at radius 2 is 1.42 bits per heavy atom. The SMILES string of the molecule is CCCC(=O)OCN(C(=O)[C@@H](CC(=O)[C@H]1CCCCN1C)C(C)CC)[C@H](C[C@@H](OC(C)=O)c1nc(C(=O)N[C@@H](Cc2ccc(O)cc2)C[C@H](C)C(=O)NNC(=O)OCCSSC[C@H](NC(=O)[C@@H](CCCC(=O)[C@H](CC(=O)O)NC(=O)NCCCC[C@H](NC(=O)NCCCC(=O)O)C(=O)O)Cc2cnc[nH]2)C(=O)O)cs1)C(C)C. The van der Waals surface area contributed by atoms with Crippen molar-refractivity contribution in [3.63, 3.8) is 0 Å². The van der Waals surface area contributed by atoms with Crippen LogP contribution >= 0.6 is 32.9 Å². The number of carboxylic acid groups (broad SMARTS) is 4. The molecule has 14 N–H and O–H groups in total. The van der Waals surface area contributed by atoms with Gasteiger partial charge in [0.1, 0.15) is 35.1 Å². The average molecular weight is 1650 g/mol. The molecule has 628 valence electrons. The number of aromatic nitrogens is 3. The summed E-state index contributed by atoms with van der Waals surface area (Å²) in [5.41, 5.74) is 5.63. The minimum atomic E-state index is -1.49. The van der Waals surface area contributed by atoms with E-state index in [1.165, 1.54) is 41.9 Å². The number of benzene rings is 1. The van der Waals surface area contributed by atoms with E-state index < -0.39 is 145 Å². The number of aromatic amines is 1. The van der Waals surface area contributed by atoms with Crippen molar-refractivity contribution in [1.29, 1.82) is 0 Å². The summed E-state index contributed by atoms with van der Waals surface area (Å²) in [6.45, 7) is 12.3. The Labute approximate surface area is 668 Å². The lowest BCUT2D eigenvalue weighted by Gasteiger charge is -2.39. The van der Waals surface area contributed by atoms with Gasteiger partial charge in [-0.15, -0.1) is 11.3 Å². The van der Waals surface area contributed by atoms with Crippen LogP contribution in [0.5, 0.6) is 5.75 Å². The number of ketones is 2. The molecule has 0 bridgehead atoms. The molecule has 9 amide bonds. The molecule has 39 heteroatoms. The molecule has 0 aliphatic carbocycles. The maximum atomic E-state index is 15.1. The van der Waals surface area contributed by atoms with Crippen LogP contribution in [0.25, 0.3) is 0 Å². The highest BCUT2D eigenvalue weighted by Gasteiger charge is 2.40. The van der Waals surface area contributed by atoms with Crippen molar-refractivity contribution in [1.82, 2.24) is 67.5 Å². The van der Waals surface area contributed by atoms with E-state index in [9.17, 15) is 87.5 Å². The van der Waals surface area contributed by atoms with Crippen molar-refractivity contribution >= 4 is 122 Å². The predicted molar refractivity (Wildman–Crippen MR) is 415 cm³/mol. The van der Waals surface area contributed by atoms with Gasteiger partial charge in [-0.3, -0.25) is 58.3 Å². The Bertz CT molecular complexity index is 3610. The number of likely N-dealkylation sites (N-methyl/N-ethyl adjacent to an activating group) is 1. The zero-order valence-corrected chi connectivity index (χ0v) is 67.6. The van der Waals surface area contributed by atoms with E-state index in [1.54, 1.807) is 19.1 Å². The second kappa shape index (κ2) is 51.2. The van der Waals surface area contributed by atoms with E-state index in [-0.39, 0.29) is 167 Å². The normalized spacial score (nSPS) is 15.4. The Morgan fingerprint density at radius 3 is 2.04 bits per heavy atom. The first-order chi connectivity index (χ1) is 53.7. The number of unbranched alkanes of at least 4 members (excludes halogenated alkanes) is 1. The third-order valence-electron chi connectivity index (χ3n) is 18.8. The van der Waals surface area contributed by atoms with Crippen LogP contribution in [0, 0.1) is 29.6 Å². The fraction of sp³-hybridized carbons (Fsp3) is 0.635. The lowest BCUT2D eigenvalue weighted by atomic mass is 9.82. The lowest BCUT2D eigenvalue weighted by molar-refractivity contribution is -0.162. The number of thiazole rings is 1. The number of phenolic OH excluding ortho intramolecular Hbond substituents is 1. The van der Waals surface area contributed by atoms with E-state index in [1.807, 2.05) is 46.6 Å². The number of esters is 2. The van der Waals surface area contributed by atoms with Crippen LogP contribution in [0.3, 0.4) is 0 Å². The van der Waals surface area contributed by atoms with Crippen molar-refractivity contribution < 1.29 is 112 Å². The van der Waals surface area contributed by atoms with E-state index in [0.717, 1.165) is 52.3 Å². The number of carbonyl (C=O) groups is 15. The monoisotopic (exact) mass is 1650 g/mol. The number of carboxylic acids is 4. The second-order valence-electron chi connectivity index (χ2n) is 28.2. The first-order valence-corrected chi connectivity index (χ1v) is 41.2. The quantitative estimate of drug-likeness (QED) is 0.00723. The highest BCUT2D eigenvalue weighted by Crippen LogP contribution is 2.34. The maximum Gasteiger partial charge on any atom is 0.426 e. The van der Waals surface area contributed by atoms with E-state index in [2.05, 4.69) is 57.7 Å². The minimum absolute atomic E-state index is 0.00228. The van der Waals surface area contributed by atoms with Gasteiger partial charge >= 0.3 is 54.0 Å². The van der Waals surface area contributed by atoms with Gasteiger partial charge in [0.2, 0.25) is 17.7 Å². The number of nitrogens with zero attached hydrogens (tertiary/aromatic N) is 4. The third-order valence-corrected chi connectivity index (χ3v) is 22.2. The number of urea groups is 2. The number of ether oxygens (including phenoxy) is 3. The summed E-state index contributed by atoms with van der Waals surface area (Å²) in [5, 5.41) is 64.6. The summed E-state index contributed by atoms with van der Waals surface area (Å²) >= 11 is 1.03. The highest BCUT2D eigenvalue weighted by molar-refractivity contribution is 8.76. The molecule has 0 saturated carbocycles. The number of Topliss-reactive ketones (excluding diaryl/α,β-unsaturated/α-hetero) is 2. The van der Waals surface area contributed by atoms with Crippen molar-refractivity contribution in [3.05, 3.63) is 64.1 Å². The van der Waals surface area contributed by atoms with Gasteiger partial charge in [0, 0.05) is 117 Å². The number of aromatic hydroxyl groups is 1. The molecule has 1 aromatic carbocycles. The first kappa shape index (κ1) is 95.7. The molecule has 3 aromatic rings. The van der Waals surface area contributed by atoms with Gasteiger partial charge in [-0.05, 0) is 114 Å². The number of carbonyl (C=O) groups excluding carboxylic acids is 11. The number of piperidine rings is 1. The first-order valence-electron chi connectivity index (χ1n) is 37.9. The Morgan fingerprint density at radius 1 is 0.735 bits per heavy atom. The summed E-state index contributed by atoms with van der Waals surface area (Å²) in [6.07, 6.45) is 3.84. The zero-order valence-electron chi connectivity index (χ0n) is 65.2. The number of imidazole rings is 1. The topological polar surface area (TPSA) is 529 Å². The minimum Gasteiger partial charge on any atom is -0.508 e. The number of aliphatic carboxylic acids is 4. The molecule has 3 heterocycles.